The first kappa shape index (κ1) is 34.1. The summed E-state index contributed by atoms with van der Waals surface area (Å²) in [6, 6.07) is 70.1. The Morgan fingerprint density at radius 2 is 1.05 bits per heavy atom. The van der Waals surface area contributed by atoms with Crippen molar-refractivity contribution in [2.24, 2.45) is 29.1 Å². The smallest absolute Gasteiger partial charge is 0.137 e. The lowest BCUT2D eigenvalue weighted by Gasteiger charge is -2.54. The summed E-state index contributed by atoms with van der Waals surface area (Å²) in [5, 5.41) is 2.29. The van der Waals surface area contributed by atoms with Crippen molar-refractivity contribution in [3.63, 3.8) is 0 Å². The first-order valence-electron chi connectivity index (χ1n) is 22.5. The van der Waals surface area contributed by atoms with Crippen LogP contribution in [0.1, 0.15) is 43.2 Å². The van der Waals surface area contributed by atoms with Crippen molar-refractivity contribution in [2.45, 2.75) is 37.5 Å². The zero-order valence-corrected chi connectivity index (χ0v) is 34.1. The highest BCUT2D eigenvalue weighted by Crippen LogP contribution is 2.83. The van der Waals surface area contributed by atoms with E-state index in [1.54, 1.807) is 11.1 Å². The molecule has 8 aromatic carbocycles. The Morgan fingerprint density at radius 1 is 0.410 bits per heavy atom. The van der Waals surface area contributed by atoms with Gasteiger partial charge in [-0.05, 0) is 171 Å². The topological polar surface area (TPSA) is 16.4 Å². The molecule has 9 aromatic rings. The molecule has 0 amide bonds. The second-order valence-corrected chi connectivity index (χ2v) is 19.0. The van der Waals surface area contributed by atoms with Gasteiger partial charge in [0.15, 0.2) is 0 Å². The minimum Gasteiger partial charge on any atom is -0.456 e. The average Bonchev–Trinajstić information content (AvgIpc) is 3.94. The van der Waals surface area contributed by atoms with Crippen LogP contribution in [0.3, 0.4) is 0 Å². The van der Waals surface area contributed by atoms with Gasteiger partial charge in [-0.3, -0.25) is 0 Å². The molecule has 292 valence electrons. The summed E-state index contributed by atoms with van der Waals surface area (Å²) in [4.78, 5) is 2.49. The van der Waals surface area contributed by atoms with Crippen LogP contribution in [0.4, 0.5) is 17.1 Å². The highest BCUT2D eigenvalue weighted by atomic mass is 16.3. The number of hydrogen-bond donors (Lipinski definition) is 0. The molecule has 61 heavy (non-hydrogen) atoms. The molecule has 3 bridgehead atoms. The Morgan fingerprint density at radius 3 is 1.80 bits per heavy atom. The molecule has 0 N–H and O–H groups in total. The fraction of sp³-hybridized carbons (Fsp3) is 0.186. The van der Waals surface area contributed by atoms with Gasteiger partial charge in [0, 0.05) is 39.3 Å². The lowest BCUT2D eigenvalue weighted by atomic mass is 9.49. The van der Waals surface area contributed by atoms with Crippen LogP contribution < -0.4 is 4.90 Å². The van der Waals surface area contributed by atoms with E-state index in [1.807, 2.05) is 0 Å². The van der Waals surface area contributed by atoms with Crippen molar-refractivity contribution in [3.05, 3.63) is 199 Å². The van der Waals surface area contributed by atoms with E-state index in [0.717, 1.165) is 51.1 Å². The van der Waals surface area contributed by atoms with Crippen molar-refractivity contribution >= 4 is 39.0 Å². The van der Waals surface area contributed by atoms with E-state index in [0.29, 0.717) is 11.3 Å². The van der Waals surface area contributed by atoms with Crippen LogP contribution in [0, 0.1) is 29.1 Å². The van der Waals surface area contributed by atoms with Gasteiger partial charge < -0.3 is 9.32 Å². The molecule has 4 fully saturated rings. The van der Waals surface area contributed by atoms with Gasteiger partial charge in [0.05, 0.1) is 0 Å². The zero-order valence-electron chi connectivity index (χ0n) is 34.1. The highest BCUT2D eigenvalue weighted by Gasteiger charge is 2.76. The van der Waals surface area contributed by atoms with Crippen LogP contribution in [-0.2, 0) is 5.41 Å². The van der Waals surface area contributed by atoms with Gasteiger partial charge in [0.25, 0.3) is 0 Å². The predicted molar refractivity (Wildman–Crippen MR) is 250 cm³/mol. The third-order valence-electron chi connectivity index (χ3n) is 16.3. The van der Waals surface area contributed by atoms with Gasteiger partial charge in [-0.25, -0.2) is 0 Å². The Balaban J connectivity index is 1.01. The molecule has 2 nitrogen and oxygen atoms in total. The Labute approximate surface area is 357 Å². The molecule has 5 aliphatic carbocycles. The monoisotopic (exact) mass is 783 g/mol. The summed E-state index contributed by atoms with van der Waals surface area (Å²) in [6.45, 7) is 0. The minimum atomic E-state index is 0.0748. The van der Waals surface area contributed by atoms with Crippen molar-refractivity contribution in [1.29, 1.82) is 0 Å². The average molecular weight is 784 g/mol. The van der Waals surface area contributed by atoms with Crippen LogP contribution in [0.2, 0.25) is 0 Å². The van der Waals surface area contributed by atoms with Crippen molar-refractivity contribution < 1.29 is 4.42 Å². The molecule has 0 radical (unpaired) electrons. The van der Waals surface area contributed by atoms with E-state index >= 15 is 0 Å². The van der Waals surface area contributed by atoms with Crippen molar-refractivity contribution in [3.8, 4) is 44.5 Å². The largest absolute Gasteiger partial charge is 0.456 e. The normalized spacial score (nSPS) is 24.9. The van der Waals surface area contributed by atoms with Gasteiger partial charge in [-0.1, -0.05) is 127 Å². The number of anilines is 3. The van der Waals surface area contributed by atoms with Crippen LogP contribution >= 0.6 is 0 Å². The summed E-state index contributed by atoms with van der Waals surface area (Å²) >= 11 is 0. The van der Waals surface area contributed by atoms with Gasteiger partial charge in [0.2, 0.25) is 0 Å². The molecule has 4 saturated carbocycles. The third-order valence-corrected chi connectivity index (χ3v) is 16.3. The number of fused-ring (bicyclic) bond motifs is 12. The van der Waals surface area contributed by atoms with E-state index < -0.39 is 0 Å². The lowest BCUT2D eigenvalue weighted by molar-refractivity contribution is -0.0193. The molecule has 6 unspecified atom stereocenters. The molecule has 2 heteroatoms. The van der Waals surface area contributed by atoms with Crippen LogP contribution in [0.25, 0.3) is 66.4 Å². The quantitative estimate of drug-likeness (QED) is 0.167. The molecular formula is C59H45NO. The SMILES string of the molecule is c1ccc(-c2cc(-c3ccccc3)cc(N(c3ccc4c(c3)-c3ccc(-c5ccccc5)cc3C43C4CC5CC6CC3C6(C5)C4)c3ccc4c(c3)oc3ccccc34)c2)cc1. The zero-order chi connectivity index (χ0) is 39.9. The first-order chi connectivity index (χ1) is 30.1. The number of rotatable bonds is 6. The van der Waals surface area contributed by atoms with Crippen molar-refractivity contribution in [1.82, 2.24) is 0 Å². The fourth-order valence-electron chi connectivity index (χ4n) is 14.1. The lowest BCUT2D eigenvalue weighted by Crippen LogP contribution is -2.50. The highest BCUT2D eigenvalue weighted by molar-refractivity contribution is 6.06. The van der Waals surface area contributed by atoms with E-state index in [9.17, 15) is 0 Å². The standard InChI is InChI=1S/C59H45NO/c1-4-12-38(13-5-1)41-20-23-49-52-33-46(22-25-53(52)59(54(49)31-41)45-27-37-26-44-32-57(59)58(44,35-37)36-45)60(47-21-24-51-50-18-10-11-19-55(50)61-56(51)34-47)48-29-42(39-14-6-2-7-15-39)28-43(30-48)40-16-8-3-9-17-40/h1-25,28-31,33-34,37,44-45,57H,26-27,32,35-36H2. The predicted octanol–water partition coefficient (Wildman–Crippen LogP) is 15.8. The van der Waals surface area contributed by atoms with Gasteiger partial charge >= 0.3 is 0 Å². The molecule has 2 spiro atoms. The molecule has 6 atom stereocenters. The molecule has 5 aliphatic rings. The van der Waals surface area contributed by atoms with Crippen LogP contribution in [-0.4, -0.2) is 0 Å². The molecule has 1 aromatic heterocycles. The Kier molecular flexibility index (Phi) is 6.97. The van der Waals surface area contributed by atoms with E-state index in [2.05, 4.69) is 193 Å². The molecule has 0 aliphatic heterocycles. The minimum absolute atomic E-state index is 0.0748. The van der Waals surface area contributed by atoms with Gasteiger partial charge in [-0.15, -0.1) is 0 Å². The Hall–Kier alpha value is -6.64. The summed E-state index contributed by atoms with van der Waals surface area (Å²) in [5.41, 5.74) is 19.3. The number of furan rings is 1. The van der Waals surface area contributed by atoms with Crippen LogP contribution in [0.15, 0.2) is 192 Å². The maximum Gasteiger partial charge on any atom is 0.137 e. The van der Waals surface area contributed by atoms with Gasteiger partial charge in [-0.2, -0.15) is 0 Å². The maximum absolute atomic E-state index is 6.59. The first-order valence-corrected chi connectivity index (χ1v) is 22.5. The summed E-state index contributed by atoms with van der Waals surface area (Å²) < 4.78 is 6.59. The summed E-state index contributed by atoms with van der Waals surface area (Å²) in [7, 11) is 0. The van der Waals surface area contributed by atoms with E-state index in [4.69, 9.17) is 4.42 Å². The third kappa shape index (κ3) is 4.68. The molecule has 14 rings (SSSR count). The second kappa shape index (κ2) is 12.5. The maximum atomic E-state index is 6.59. The fourth-order valence-corrected chi connectivity index (χ4v) is 14.1. The number of nitrogens with zero attached hydrogens (tertiary/aromatic N) is 1. The summed E-state index contributed by atoms with van der Waals surface area (Å²) in [6.07, 6.45) is 7.11. The van der Waals surface area contributed by atoms with Gasteiger partial charge in [0.1, 0.15) is 11.2 Å². The van der Waals surface area contributed by atoms with Crippen molar-refractivity contribution in [2.75, 3.05) is 4.90 Å². The number of hydrogen-bond acceptors (Lipinski definition) is 2. The Bertz CT molecular complexity index is 3160. The number of para-hydroxylation sites is 1. The van der Waals surface area contributed by atoms with Crippen LogP contribution in [0.5, 0.6) is 0 Å². The number of benzene rings is 8. The molecule has 0 saturated heterocycles. The molecule has 1 heterocycles. The van der Waals surface area contributed by atoms with E-state index in [-0.39, 0.29) is 5.41 Å². The summed E-state index contributed by atoms with van der Waals surface area (Å²) in [5.74, 6) is 3.25. The molecular weight excluding hydrogens is 739 g/mol. The second-order valence-electron chi connectivity index (χ2n) is 19.0. The van der Waals surface area contributed by atoms with E-state index in [1.165, 1.54) is 82.3 Å².